The first-order valence-corrected chi connectivity index (χ1v) is 10.8. The number of nitrogens with one attached hydrogen (secondary N) is 2. The van der Waals surface area contributed by atoms with Crippen LogP contribution in [0.5, 0.6) is 0 Å². The number of amides is 3. The van der Waals surface area contributed by atoms with Crippen molar-refractivity contribution in [3.63, 3.8) is 0 Å². The number of carbonyl (C=O) groups is 2. The number of benzene rings is 2. The molecule has 1 aromatic heterocycles. The minimum Gasteiger partial charge on any atom is -0.368 e. The normalized spacial score (nSPS) is 13.8. The van der Waals surface area contributed by atoms with E-state index in [-0.39, 0.29) is 11.9 Å². The van der Waals surface area contributed by atoms with Gasteiger partial charge in [0.1, 0.15) is 0 Å². The third kappa shape index (κ3) is 4.80. The van der Waals surface area contributed by atoms with Gasteiger partial charge in [-0.2, -0.15) is 11.3 Å². The van der Waals surface area contributed by atoms with Crippen molar-refractivity contribution in [1.29, 1.82) is 0 Å². The van der Waals surface area contributed by atoms with Crippen LogP contribution in [0.1, 0.15) is 6.92 Å². The molecule has 0 unspecified atom stereocenters. The molecule has 0 saturated carbocycles. The Labute approximate surface area is 180 Å². The molecule has 30 heavy (non-hydrogen) atoms. The molecule has 2 heterocycles. The molecular formula is C23H24N4O2S. The summed E-state index contributed by atoms with van der Waals surface area (Å²) in [7, 11) is 0. The molecule has 6 nitrogen and oxygen atoms in total. The summed E-state index contributed by atoms with van der Waals surface area (Å²) in [4.78, 5) is 27.9. The lowest BCUT2D eigenvalue weighted by molar-refractivity contribution is -0.114. The SMILES string of the molecule is CC(=O)Nc1ccc(NC(=O)N2CCN(c3cccc(-c4ccsc4)c3)CC2)cc1. The zero-order chi connectivity index (χ0) is 20.9. The van der Waals surface area contributed by atoms with Gasteiger partial charge in [0.2, 0.25) is 5.91 Å². The molecular weight excluding hydrogens is 396 g/mol. The lowest BCUT2D eigenvalue weighted by Crippen LogP contribution is -2.50. The highest BCUT2D eigenvalue weighted by Crippen LogP contribution is 2.27. The summed E-state index contributed by atoms with van der Waals surface area (Å²) >= 11 is 1.70. The Hall–Kier alpha value is -3.32. The monoisotopic (exact) mass is 420 g/mol. The van der Waals surface area contributed by atoms with Crippen molar-refractivity contribution in [2.75, 3.05) is 41.7 Å². The van der Waals surface area contributed by atoms with Gasteiger partial charge in [0.15, 0.2) is 0 Å². The number of carbonyl (C=O) groups excluding carboxylic acids is 2. The van der Waals surface area contributed by atoms with Gasteiger partial charge in [-0.15, -0.1) is 0 Å². The highest BCUT2D eigenvalue weighted by atomic mass is 32.1. The Morgan fingerprint density at radius 1 is 0.867 bits per heavy atom. The second-order valence-electron chi connectivity index (χ2n) is 7.23. The van der Waals surface area contributed by atoms with Crippen LogP contribution in [-0.4, -0.2) is 43.0 Å². The van der Waals surface area contributed by atoms with E-state index in [9.17, 15) is 9.59 Å². The third-order valence-corrected chi connectivity index (χ3v) is 5.77. The van der Waals surface area contributed by atoms with E-state index < -0.39 is 0 Å². The fourth-order valence-corrected chi connectivity index (χ4v) is 4.19. The Morgan fingerprint density at radius 3 is 2.20 bits per heavy atom. The zero-order valence-electron chi connectivity index (χ0n) is 16.8. The summed E-state index contributed by atoms with van der Waals surface area (Å²) in [5, 5.41) is 9.89. The van der Waals surface area contributed by atoms with E-state index >= 15 is 0 Å². The van der Waals surface area contributed by atoms with Gasteiger partial charge in [0.05, 0.1) is 0 Å². The molecule has 0 aliphatic carbocycles. The molecule has 1 fully saturated rings. The average molecular weight is 421 g/mol. The number of rotatable bonds is 4. The summed E-state index contributed by atoms with van der Waals surface area (Å²) in [6.45, 7) is 4.38. The Balaban J connectivity index is 1.32. The maximum Gasteiger partial charge on any atom is 0.321 e. The maximum absolute atomic E-state index is 12.6. The zero-order valence-corrected chi connectivity index (χ0v) is 17.6. The summed E-state index contributed by atoms with van der Waals surface area (Å²) in [5.41, 5.74) is 5.06. The molecule has 1 aliphatic heterocycles. The molecule has 2 aromatic carbocycles. The number of hydrogen-bond acceptors (Lipinski definition) is 4. The molecule has 4 rings (SSSR count). The molecule has 3 amide bonds. The number of urea groups is 1. The lowest BCUT2D eigenvalue weighted by Gasteiger charge is -2.36. The van der Waals surface area contributed by atoms with Gasteiger partial charge in [-0.3, -0.25) is 4.79 Å². The van der Waals surface area contributed by atoms with Crippen molar-refractivity contribution in [1.82, 2.24) is 4.90 Å². The van der Waals surface area contributed by atoms with Crippen LogP contribution in [0, 0.1) is 0 Å². The van der Waals surface area contributed by atoms with Crippen LogP contribution >= 0.6 is 11.3 Å². The topological polar surface area (TPSA) is 64.7 Å². The van der Waals surface area contributed by atoms with Crippen molar-refractivity contribution in [2.24, 2.45) is 0 Å². The van der Waals surface area contributed by atoms with Crippen molar-refractivity contribution < 1.29 is 9.59 Å². The number of hydrogen-bond donors (Lipinski definition) is 2. The highest BCUT2D eigenvalue weighted by Gasteiger charge is 2.21. The summed E-state index contributed by atoms with van der Waals surface area (Å²) in [6.07, 6.45) is 0. The second-order valence-corrected chi connectivity index (χ2v) is 8.01. The summed E-state index contributed by atoms with van der Waals surface area (Å²) in [6, 6.07) is 17.7. The summed E-state index contributed by atoms with van der Waals surface area (Å²) < 4.78 is 0. The van der Waals surface area contributed by atoms with Crippen molar-refractivity contribution in [2.45, 2.75) is 6.92 Å². The van der Waals surface area contributed by atoms with Gasteiger partial charge in [0, 0.05) is 50.2 Å². The van der Waals surface area contributed by atoms with Crippen LogP contribution in [0.15, 0.2) is 65.4 Å². The van der Waals surface area contributed by atoms with Crippen LogP contribution in [-0.2, 0) is 4.79 Å². The van der Waals surface area contributed by atoms with E-state index in [2.05, 4.69) is 56.6 Å². The predicted octanol–water partition coefficient (Wildman–Crippen LogP) is 4.73. The Bertz CT molecular complexity index is 1010. The molecule has 154 valence electrons. The number of anilines is 3. The van der Waals surface area contributed by atoms with E-state index in [0.29, 0.717) is 24.5 Å². The van der Waals surface area contributed by atoms with Gasteiger partial charge >= 0.3 is 6.03 Å². The maximum atomic E-state index is 12.6. The fraction of sp³-hybridized carbons (Fsp3) is 0.217. The van der Waals surface area contributed by atoms with Gasteiger partial charge in [0.25, 0.3) is 0 Å². The smallest absolute Gasteiger partial charge is 0.321 e. The van der Waals surface area contributed by atoms with E-state index in [0.717, 1.165) is 13.1 Å². The molecule has 2 N–H and O–H groups in total. The Morgan fingerprint density at radius 2 is 1.57 bits per heavy atom. The minimum absolute atomic E-state index is 0.103. The minimum atomic E-state index is -0.120. The first kappa shape index (κ1) is 20.0. The molecule has 0 spiro atoms. The number of piperazine rings is 1. The first-order valence-electron chi connectivity index (χ1n) is 9.90. The highest BCUT2D eigenvalue weighted by molar-refractivity contribution is 7.08. The van der Waals surface area contributed by atoms with Gasteiger partial charge in [-0.1, -0.05) is 12.1 Å². The van der Waals surface area contributed by atoms with Gasteiger partial charge in [-0.05, 0) is 64.4 Å². The van der Waals surface area contributed by atoms with Crippen molar-refractivity contribution in [3.8, 4) is 11.1 Å². The molecule has 1 saturated heterocycles. The number of thiophene rings is 1. The largest absolute Gasteiger partial charge is 0.368 e. The fourth-order valence-electron chi connectivity index (χ4n) is 3.52. The van der Waals surface area contributed by atoms with Crippen LogP contribution in [0.25, 0.3) is 11.1 Å². The van der Waals surface area contributed by atoms with Crippen LogP contribution < -0.4 is 15.5 Å². The van der Waals surface area contributed by atoms with Crippen LogP contribution in [0.2, 0.25) is 0 Å². The van der Waals surface area contributed by atoms with E-state index in [1.165, 1.54) is 23.7 Å². The standard InChI is InChI=1S/C23H24N4O2S/c1-17(28)24-20-5-7-21(8-6-20)25-23(29)27-12-10-26(11-13-27)22-4-2-3-18(15-22)19-9-14-30-16-19/h2-9,14-16H,10-13H2,1H3,(H,24,28)(H,25,29). The Kier molecular flexibility index (Phi) is 5.99. The van der Waals surface area contributed by atoms with E-state index in [1.807, 2.05) is 4.90 Å². The van der Waals surface area contributed by atoms with Gasteiger partial charge < -0.3 is 20.4 Å². The van der Waals surface area contributed by atoms with Crippen molar-refractivity contribution in [3.05, 3.63) is 65.4 Å². The second kappa shape index (κ2) is 9.00. The molecule has 1 aliphatic rings. The quantitative estimate of drug-likeness (QED) is 0.641. The van der Waals surface area contributed by atoms with Gasteiger partial charge in [-0.25, -0.2) is 4.79 Å². The molecule has 3 aromatic rings. The van der Waals surface area contributed by atoms with Crippen LogP contribution in [0.3, 0.4) is 0 Å². The summed E-state index contributed by atoms with van der Waals surface area (Å²) in [5.74, 6) is -0.120. The molecule has 0 atom stereocenters. The lowest BCUT2D eigenvalue weighted by atomic mass is 10.1. The number of nitrogens with zero attached hydrogens (tertiary/aromatic N) is 2. The average Bonchev–Trinajstić information content (AvgIpc) is 3.30. The predicted molar refractivity (Wildman–Crippen MR) is 123 cm³/mol. The van der Waals surface area contributed by atoms with Crippen LogP contribution in [0.4, 0.5) is 21.9 Å². The molecule has 0 radical (unpaired) electrons. The van der Waals surface area contributed by atoms with E-state index in [4.69, 9.17) is 0 Å². The molecule has 7 heteroatoms. The first-order chi connectivity index (χ1) is 14.6. The van der Waals surface area contributed by atoms with E-state index in [1.54, 1.807) is 35.6 Å². The van der Waals surface area contributed by atoms with Crippen molar-refractivity contribution >= 4 is 40.3 Å². The third-order valence-electron chi connectivity index (χ3n) is 5.09. The molecule has 0 bridgehead atoms.